The monoisotopic (exact) mass is 557 g/mol. The van der Waals surface area contributed by atoms with Crippen molar-refractivity contribution in [2.75, 3.05) is 6.54 Å². The Balaban J connectivity index is 1.90. The Kier molecular flexibility index (Phi) is 9.29. The van der Waals surface area contributed by atoms with Crippen molar-refractivity contribution in [2.45, 2.75) is 50.0 Å². The standard InChI is InChI=1S/C24H26F3N3O5S2/c1-16(24(25,26)27)11-23(32)29-20(12-18-7-4-3-5-8-18)21(31)15-30(14-19-9-6-10-36-19)37(33,34)22-13-28-35-17(22)2/h3-11,13,20-21,31H,12,14-15H2,1-2H3,(H,29,32)/b16-11-/t20-,21+/m0/s1. The number of nitrogens with zero attached hydrogens (tertiary/aromatic N) is 2. The molecule has 0 aliphatic heterocycles. The first kappa shape index (κ1) is 28.6. The van der Waals surface area contributed by atoms with Gasteiger partial charge in [-0.05, 0) is 37.3 Å². The van der Waals surface area contributed by atoms with E-state index in [2.05, 4.69) is 10.5 Å². The van der Waals surface area contributed by atoms with Crippen LogP contribution in [0.5, 0.6) is 0 Å². The molecule has 2 atom stereocenters. The lowest BCUT2D eigenvalue weighted by Crippen LogP contribution is -2.50. The number of sulfonamides is 1. The van der Waals surface area contributed by atoms with Gasteiger partial charge in [0.15, 0.2) is 5.76 Å². The van der Waals surface area contributed by atoms with E-state index in [0.29, 0.717) is 16.5 Å². The molecule has 0 aliphatic carbocycles. The molecule has 0 unspecified atom stereocenters. The molecule has 0 spiro atoms. The number of hydrogen-bond acceptors (Lipinski definition) is 7. The van der Waals surface area contributed by atoms with E-state index in [1.54, 1.807) is 47.8 Å². The molecule has 3 aromatic rings. The maximum absolute atomic E-state index is 13.4. The summed E-state index contributed by atoms with van der Waals surface area (Å²) >= 11 is 1.32. The summed E-state index contributed by atoms with van der Waals surface area (Å²) in [6.45, 7) is 1.66. The smallest absolute Gasteiger partial charge is 0.390 e. The van der Waals surface area contributed by atoms with Crippen molar-refractivity contribution < 1.29 is 36.0 Å². The van der Waals surface area contributed by atoms with Crippen LogP contribution in [-0.4, -0.2) is 53.8 Å². The van der Waals surface area contributed by atoms with E-state index in [4.69, 9.17) is 4.52 Å². The number of aliphatic hydroxyl groups is 1. The van der Waals surface area contributed by atoms with Crippen molar-refractivity contribution in [3.05, 3.63) is 81.9 Å². The zero-order valence-electron chi connectivity index (χ0n) is 20.0. The lowest BCUT2D eigenvalue weighted by atomic mass is 10.0. The van der Waals surface area contributed by atoms with Crippen molar-refractivity contribution in [1.29, 1.82) is 0 Å². The highest BCUT2D eigenvalue weighted by atomic mass is 32.2. The molecule has 0 radical (unpaired) electrons. The third-order valence-corrected chi connectivity index (χ3v) is 8.28. The minimum absolute atomic E-state index is 0.0475. The fraction of sp³-hybridized carbons (Fsp3) is 0.333. The van der Waals surface area contributed by atoms with Gasteiger partial charge >= 0.3 is 6.18 Å². The third-order valence-electron chi connectivity index (χ3n) is 5.51. The number of thiophene rings is 1. The summed E-state index contributed by atoms with van der Waals surface area (Å²) in [5.41, 5.74) is -0.423. The van der Waals surface area contributed by atoms with E-state index >= 15 is 0 Å². The summed E-state index contributed by atoms with van der Waals surface area (Å²) in [5.74, 6) is -0.995. The van der Waals surface area contributed by atoms with Crippen LogP contribution < -0.4 is 5.32 Å². The van der Waals surface area contributed by atoms with Gasteiger partial charge < -0.3 is 14.9 Å². The number of nitrogens with one attached hydrogen (secondary N) is 1. The first-order valence-corrected chi connectivity index (χ1v) is 13.4. The lowest BCUT2D eigenvalue weighted by molar-refractivity contribution is -0.119. The second-order valence-electron chi connectivity index (χ2n) is 8.32. The largest absolute Gasteiger partial charge is 0.412 e. The molecule has 8 nitrogen and oxygen atoms in total. The molecule has 2 N–H and O–H groups in total. The maximum Gasteiger partial charge on any atom is 0.412 e. The molecular formula is C24H26F3N3O5S2. The quantitative estimate of drug-likeness (QED) is 0.347. The number of alkyl halides is 3. The van der Waals surface area contributed by atoms with Crippen LogP contribution in [0.4, 0.5) is 13.2 Å². The fourth-order valence-electron chi connectivity index (χ4n) is 3.49. The summed E-state index contributed by atoms with van der Waals surface area (Å²) in [7, 11) is -4.18. The number of carbonyl (C=O) groups excluding carboxylic acids is 1. The Bertz CT molecular complexity index is 1310. The normalized spacial score (nSPS) is 14.5. The number of benzene rings is 1. The molecule has 0 saturated carbocycles. The molecule has 0 aliphatic rings. The van der Waals surface area contributed by atoms with Crippen molar-refractivity contribution in [3.8, 4) is 0 Å². The molecule has 13 heteroatoms. The molecule has 1 amide bonds. The third kappa shape index (κ3) is 7.74. The van der Waals surface area contributed by atoms with Gasteiger partial charge in [-0.1, -0.05) is 41.6 Å². The number of carbonyl (C=O) groups is 1. The second kappa shape index (κ2) is 12.0. The number of allylic oxidation sites excluding steroid dienone is 1. The van der Waals surface area contributed by atoms with Crippen LogP contribution in [0.1, 0.15) is 23.1 Å². The molecule has 37 heavy (non-hydrogen) atoms. The number of aliphatic hydroxyl groups excluding tert-OH is 1. The Morgan fingerprint density at radius 1 is 1.24 bits per heavy atom. The predicted octanol–water partition coefficient (Wildman–Crippen LogP) is 3.83. The Labute approximate surface area is 216 Å². The van der Waals surface area contributed by atoms with Crippen LogP contribution in [0.15, 0.2) is 75.1 Å². The summed E-state index contributed by atoms with van der Waals surface area (Å²) < 4.78 is 71.6. The molecule has 200 valence electrons. The van der Waals surface area contributed by atoms with Crippen molar-refractivity contribution in [2.24, 2.45) is 0 Å². The minimum atomic E-state index is -4.69. The number of aromatic nitrogens is 1. The average molecular weight is 558 g/mol. The molecule has 3 rings (SSSR count). The van der Waals surface area contributed by atoms with E-state index in [-0.39, 0.29) is 23.6 Å². The molecule has 2 heterocycles. The van der Waals surface area contributed by atoms with Crippen molar-refractivity contribution in [3.63, 3.8) is 0 Å². The zero-order valence-corrected chi connectivity index (χ0v) is 21.6. The Morgan fingerprint density at radius 2 is 1.95 bits per heavy atom. The van der Waals surface area contributed by atoms with Gasteiger partial charge in [-0.2, -0.15) is 17.5 Å². The zero-order chi connectivity index (χ0) is 27.2. The first-order valence-electron chi connectivity index (χ1n) is 11.1. The van der Waals surface area contributed by atoms with Crippen molar-refractivity contribution in [1.82, 2.24) is 14.8 Å². The molecule has 2 aromatic heterocycles. The van der Waals surface area contributed by atoms with Crippen molar-refractivity contribution >= 4 is 27.3 Å². The van der Waals surface area contributed by atoms with Gasteiger partial charge in [0.2, 0.25) is 15.9 Å². The number of rotatable bonds is 11. The van der Waals surface area contributed by atoms with E-state index in [0.717, 1.165) is 17.4 Å². The van der Waals surface area contributed by atoms with Crippen LogP contribution in [0, 0.1) is 6.92 Å². The second-order valence-corrected chi connectivity index (χ2v) is 11.3. The van der Waals surface area contributed by atoms with Gasteiger partial charge in [-0.3, -0.25) is 4.79 Å². The minimum Gasteiger partial charge on any atom is -0.390 e. The predicted molar refractivity (Wildman–Crippen MR) is 131 cm³/mol. The number of halogens is 3. The van der Waals surface area contributed by atoms with Gasteiger partial charge in [0.1, 0.15) is 4.90 Å². The van der Waals surface area contributed by atoms with Gasteiger partial charge in [0, 0.05) is 29.6 Å². The average Bonchev–Trinajstić information content (AvgIpc) is 3.50. The van der Waals surface area contributed by atoms with Gasteiger partial charge in [0.05, 0.1) is 18.3 Å². The number of amides is 1. The highest BCUT2D eigenvalue weighted by Gasteiger charge is 2.34. The molecule has 0 fully saturated rings. The van der Waals surface area contributed by atoms with Crippen LogP contribution in [0.25, 0.3) is 0 Å². The van der Waals surface area contributed by atoms with Crippen LogP contribution >= 0.6 is 11.3 Å². The van der Waals surface area contributed by atoms with Crippen LogP contribution in [0.3, 0.4) is 0 Å². The Hall–Kier alpha value is -3.00. The number of hydrogen-bond donors (Lipinski definition) is 2. The SMILES string of the molecule is C/C(=C/C(=O)N[C@@H](Cc1ccccc1)[C@H](O)CN(Cc1cccs1)S(=O)(=O)c1cnoc1C)C(F)(F)F. The summed E-state index contributed by atoms with van der Waals surface area (Å²) in [6, 6.07) is 11.1. The topological polar surface area (TPSA) is 113 Å². The van der Waals surface area contributed by atoms with Gasteiger partial charge in [-0.15, -0.1) is 11.3 Å². The first-order chi connectivity index (χ1) is 17.4. The van der Waals surface area contributed by atoms with Gasteiger partial charge in [0.25, 0.3) is 0 Å². The lowest BCUT2D eigenvalue weighted by Gasteiger charge is -2.29. The van der Waals surface area contributed by atoms with E-state index in [9.17, 15) is 31.5 Å². The summed E-state index contributed by atoms with van der Waals surface area (Å²) in [6.07, 6.45) is -4.64. The Morgan fingerprint density at radius 3 is 2.51 bits per heavy atom. The van der Waals surface area contributed by atoms with E-state index in [1.165, 1.54) is 18.3 Å². The molecule has 1 aromatic carbocycles. The summed E-state index contributed by atoms with van der Waals surface area (Å²) in [4.78, 5) is 12.9. The fourth-order valence-corrected chi connectivity index (χ4v) is 5.80. The molecule has 0 bridgehead atoms. The highest BCUT2D eigenvalue weighted by molar-refractivity contribution is 7.89. The van der Waals surface area contributed by atoms with E-state index < -0.39 is 46.4 Å². The van der Waals surface area contributed by atoms with E-state index in [1.807, 2.05) is 0 Å². The van der Waals surface area contributed by atoms with Gasteiger partial charge in [-0.25, -0.2) is 8.42 Å². The highest BCUT2D eigenvalue weighted by Crippen LogP contribution is 2.25. The van der Waals surface area contributed by atoms with Crippen LogP contribution in [-0.2, 0) is 27.8 Å². The number of aryl methyl sites for hydroxylation is 1. The molecule has 0 saturated heterocycles. The molecular weight excluding hydrogens is 531 g/mol. The summed E-state index contributed by atoms with van der Waals surface area (Å²) in [5, 5.41) is 18.9. The van der Waals surface area contributed by atoms with Crippen LogP contribution in [0.2, 0.25) is 0 Å². The maximum atomic E-state index is 13.4.